The van der Waals surface area contributed by atoms with Gasteiger partial charge < -0.3 is 24.8 Å². The van der Waals surface area contributed by atoms with Crippen molar-refractivity contribution >= 4 is 29.2 Å². The molecule has 0 heterocycles. The molecule has 4 aromatic rings. The van der Waals surface area contributed by atoms with Gasteiger partial charge in [-0.05, 0) is 60.7 Å². The number of hydrogen-bond donors (Lipinski definition) is 2. The summed E-state index contributed by atoms with van der Waals surface area (Å²) in [5.41, 5.74) is 1.59. The van der Waals surface area contributed by atoms with E-state index < -0.39 is 18.5 Å². The van der Waals surface area contributed by atoms with Gasteiger partial charge in [-0.1, -0.05) is 42.5 Å². The highest BCUT2D eigenvalue weighted by molar-refractivity contribution is 6.05. The number of rotatable bonds is 9. The molecule has 8 heteroatoms. The van der Waals surface area contributed by atoms with Gasteiger partial charge in [-0.2, -0.15) is 0 Å². The smallest absolute Gasteiger partial charge is 0.342 e. The second-order valence-electron chi connectivity index (χ2n) is 7.77. The second kappa shape index (κ2) is 12.0. The predicted octanol–water partition coefficient (Wildman–Crippen LogP) is 5.54. The highest BCUT2D eigenvalue weighted by atomic mass is 16.5. The van der Waals surface area contributed by atoms with Crippen molar-refractivity contribution in [3.63, 3.8) is 0 Å². The van der Waals surface area contributed by atoms with Gasteiger partial charge in [-0.25, -0.2) is 4.79 Å². The van der Waals surface area contributed by atoms with E-state index in [2.05, 4.69) is 10.6 Å². The van der Waals surface area contributed by atoms with Crippen LogP contribution in [0.5, 0.6) is 17.2 Å². The van der Waals surface area contributed by atoms with Gasteiger partial charge in [0, 0.05) is 11.3 Å². The number of hydrogen-bond acceptors (Lipinski definition) is 6. The van der Waals surface area contributed by atoms with Gasteiger partial charge in [0.2, 0.25) is 0 Å². The van der Waals surface area contributed by atoms with Crippen molar-refractivity contribution in [2.75, 3.05) is 24.4 Å². The van der Waals surface area contributed by atoms with Crippen LogP contribution < -0.4 is 20.1 Å². The van der Waals surface area contributed by atoms with Crippen LogP contribution in [0.4, 0.5) is 11.4 Å². The summed E-state index contributed by atoms with van der Waals surface area (Å²) >= 11 is 0. The van der Waals surface area contributed by atoms with E-state index in [1.807, 2.05) is 18.2 Å². The summed E-state index contributed by atoms with van der Waals surface area (Å²) in [6, 6.07) is 29.0. The lowest BCUT2D eigenvalue weighted by molar-refractivity contribution is -0.119. The van der Waals surface area contributed by atoms with Crippen LogP contribution in [0.15, 0.2) is 103 Å². The molecule has 0 fully saturated rings. The molecule has 0 atom stereocenters. The van der Waals surface area contributed by atoms with Crippen LogP contribution in [-0.4, -0.2) is 31.5 Å². The van der Waals surface area contributed by atoms with Gasteiger partial charge >= 0.3 is 5.97 Å². The van der Waals surface area contributed by atoms with Crippen molar-refractivity contribution in [2.45, 2.75) is 0 Å². The second-order valence-corrected chi connectivity index (χ2v) is 7.77. The van der Waals surface area contributed by atoms with E-state index in [0.29, 0.717) is 34.2 Å². The standard InChI is InChI=1S/C29H24N2O6/c1-35-26-14-8-6-12-24(26)31-28(33)20-15-17-21(18-16-20)30-27(32)19-36-29(34)23-11-5-7-13-25(23)37-22-9-3-2-4-10-22/h2-18H,19H2,1H3,(H,30,32)(H,31,33). The number of ether oxygens (including phenoxy) is 3. The molecule has 0 aliphatic carbocycles. The van der Waals surface area contributed by atoms with E-state index in [4.69, 9.17) is 14.2 Å². The largest absolute Gasteiger partial charge is 0.495 e. The van der Waals surface area contributed by atoms with Crippen molar-refractivity contribution < 1.29 is 28.6 Å². The zero-order valence-corrected chi connectivity index (χ0v) is 20.0. The Morgan fingerprint density at radius 1 is 0.703 bits per heavy atom. The minimum Gasteiger partial charge on any atom is -0.495 e. The van der Waals surface area contributed by atoms with E-state index in [1.54, 1.807) is 84.9 Å². The molecule has 0 saturated carbocycles. The molecular weight excluding hydrogens is 472 g/mol. The molecule has 186 valence electrons. The molecule has 0 saturated heterocycles. The van der Waals surface area contributed by atoms with Crippen LogP contribution in [0.1, 0.15) is 20.7 Å². The fourth-order valence-corrected chi connectivity index (χ4v) is 3.39. The number of amides is 2. The minimum atomic E-state index is -0.690. The van der Waals surface area contributed by atoms with Crippen molar-refractivity contribution in [2.24, 2.45) is 0 Å². The molecule has 0 radical (unpaired) electrons. The fourth-order valence-electron chi connectivity index (χ4n) is 3.39. The molecule has 37 heavy (non-hydrogen) atoms. The maximum absolute atomic E-state index is 12.6. The Morgan fingerprint density at radius 2 is 1.35 bits per heavy atom. The van der Waals surface area contributed by atoms with E-state index in [9.17, 15) is 14.4 Å². The number of esters is 1. The molecule has 0 bridgehead atoms. The fraction of sp³-hybridized carbons (Fsp3) is 0.0690. The Hall–Kier alpha value is -5.11. The van der Waals surface area contributed by atoms with Gasteiger partial charge in [0.25, 0.3) is 11.8 Å². The summed E-state index contributed by atoms with van der Waals surface area (Å²) in [6.45, 7) is -0.492. The van der Waals surface area contributed by atoms with E-state index >= 15 is 0 Å². The SMILES string of the molecule is COc1ccccc1NC(=O)c1ccc(NC(=O)COC(=O)c2ccccc2Oc2ccccc2)cc1. The third-order valence-corrected chi connectivity index (χ3v) is 5.20. The average Bonchev–Trinajstić information content (AvgIpc) is 2.93. The molecular formula is C29H24N2O6. The third kappa shape index (κ3) is 6.73. The molecule has 0 aromatic heterocycles. The van der Waals surface area contributed by atoms with Crippen LogP contribution in [0, 0.1) is 0 Å². The quantitative estimate of drug-likeness (QED) is 0.295. The normalized spacial score (nSPS) is 10.2. The molecule has 2 N–H and O–H groups in total. The summed E-state index contributed by atoms with van der Waals surface area (Å²) in [5, 5.41) is 5.43. The predicted molar refractivity (Wildman–Crippen MR) is 139 cm³/mol. The summed E-state index contributed by atoms with van der Waals surface area (Å²) in [7, 11) is 1.52. The number of anilines is 2. The van der Waals surface area contributed by atoms with Crippen molar-refractivity contribution in [3.05, 3.63) is 114 Å². The average molecular weight is 497 g/mol. The van der Waals surface area contributed by atoms with Gasteiger partial charge in [0.1, 0.15) is 22.8 Å². The summed E-state index contributed by atoms with van der Waals surface area (Å²) in [5.74, 6) is -0.107. The first kappa shape index (κ1) is 25.0. The summed E-state index contributed by atoms with van der Waals surface area (Å²) in [4.78, 5) is 37.5. The number of carbonyl (C=O) groups excluding carboxylic acids is 3. The van der Waals surface area contributed by atoms with Crippen LogP contribution in [0.3, 0.4) is 0 Å². The van der Waals surface area contributed by atoms with Crippen molar-refractivity contribution in [3.8, 4) is 17.2 Å². The number of benzene rings is 4. The lowest BCUT2D eigenvalue weighted by atomic mass is 10.2. The lowest BCUT2D eigenvalue weighted by Crippen LogP contribution is -2.21. The molecule has 0 aliphatic rings. The van der Waals surface area contributed by atoms with Crippen LogP contribution in [-0.2, 0) is 9.53 Å². The first-order valence-corrected chi connectivity index (χ1v) is 11.4. The first-order valence-electron chi connectivity index (χ1n) is 11.4. The summed E-state index contributed by atoms with van der Waals surface area (Å²) < 4.78 is 16.2. The highest BCUT2D eigenvalue weighted by Gasteiger charge is 2.16. The molecule has 4 rings (SSSR count). The monoisotopic (exact) mass is 496 g/mol. The Bertz CT molecular complexity index is 1390. The van der Waals surface area contributed by atoms with E-state index in [1.165, 1.54) is 7.11 Å². The van der Waals surface area contributed by atoms with Crippen molar-refractivity contribution in [1.29, 1.82) is 0 Å². The molecule has 8 nitrogen and oxygen atoms in total. The number of methoxy groups -OCH3 is 1. The van der Waals surface area contributed by atoms with Crippen LogP contribution >= 0.6 is 0 Å². The number of carbonyl (C=O) groups is 3. The van der Waals surface area contributed by atoms with Crippen LogP contribution in [0.2, 0.25) is 0 Å². The Morgan fingerprint density at radius 3 is 2.08 bits per heavy atom. The summed E-state index contributed by atoms with van der Waals surface area (Å²) in [6.07, 6.45) is 0. The highest BCUT2D eigenvalue weighted by Crippen LogP contribution is 2.26. The van der Waals surface area contributed by atoms with Gasteiger partial charge in [-0.15, -0.1) is 0 Å². The topological polar surface area (TPSA) is 103 Å². The van der Waals surface area contributed by atoms with Crippen molar-refractivity contribution in [1.82, 2.24) is 0 Å². The zero-order chi connectivity index (χ0) is 26.0. The van der Waals surface area contributed by atoms with Crippen LogP contribution in [0.25, 0.3) is 0 Å². The van der Waals surface area contributed by atoms with Gasteiger partial charge in [0.05, 0.1) is 12.8 Å². The lowest BCUT2D eigenvalue weighted by Gasteiger charge is -2.11. The van der Waals surface area contributed by atoms with E-state index in [0.717, 1.165) is 0 Å². The third-order valence-electron chi connectivity index (χ3n) is 5.20. The number of para-hydroxylation sites is 4. The minimum absolute atomic E-state index is 0.199. The molecule has 0 unspecified atom stereocenters. The van der Waals surface area contributed by atoms with Gasteiger partial charge in [-0.3, -0.25) is 9.59 Å². The maximum Gasteiger partial charge on any atom is 0.342 e. The Labute approximate surface area is 213 Å². The Kier molecular flexibility index (Phi) is 8.13. The zero-order valence-electron chi connectivity index (χ0n) is 20.0. The van der Waals surface area contributed by atoms with E-state index in [-0.39, 0.29) is 11.5 Å². The first-order chi connectivity index (χ1) is 18.0. The molecule has 4 aromatic carbocycles. The Balaban J connectivity index is 1.31. The van der Waals surface area contributed by atoms with Gasteiger partial charge in [0.15, 0.2) is 6.61 Å². The molecule has 2 amide bonds. The number of nitrogens with one attached hydrogen (secondary N) is 2. The molecule has 0 spiro atoms. The molecule has 0 aliphatic heterocycles. The maximum atomic E-state index is 12.6.